The molecule has 2 aliphatic rings. The molecule has 0 atom stereocenters. The molecule has 0 aromatic carbocycles. The number of ether oxygens (including phenoxy) is 1. The second-order valence-electron chi connectivity index (χ2n) is 6.47. The molecule has 8 nitrogen and oxygen atoms in total. The van der Waals surface area contributed by atoms with Gasteiger partial charge in [0.1, 0.15) is 0 Å². The van der Waals surface area contributed by atoms with Gasteiger partial charge in [0.25, 0.3) is 0 Å². The topological polar surface area (TPSA) is 107 Å². The summed E-state index contributed by atoms with van der Waals surface area (Å²) < 4.78 is 5.39. The van der Waals surface area contributed by atoms with E-state index in [1.165, 1.54) is 0 Å². The number of morpholine rings is 1. The van der Waals surface area contributed by atoms with Gasteiger partial charge in [0.05, 0.1) is 13.2 Å². The van der Waals surface area contributed by atoms with Crippen molar-refractivity contribution >= 4 is 17.8 Å². The Balaban J connectivity index is 0.000000413. The van der Waals surface area contributed by atoms with Gasteiger partial charge in [0, 0.05) is 38.6 Å². The Morgan fingerprint density at radius 2 is 1.50 bits per heavy atom. The summed E-state index contributed by atoms with van der Waals surface area (Å²) in [4.78, 5) is 34.8. The maximum absolute atomic E-state index is 12.0. The van der Waals surface area contributed by atoms with Gasteiger partial charge in [-0.05, 0) is 18.8 Å². The molecular formula is C16H28N2O6. The predicted molar refractivity (Wildman–Crippen MR) is 86.7 cm³/mol. The van der Waals surface area contributed by atoms with E-state index in [0.717, 1.165) is 52.2 Å². The van der Waals surface area contributed by atoms with Crippen LogP contribution in [0.2, 0.25) is 0 Å². The highest BCUT2D eigenvalue weighted by molar-refractivity contribution is 6.27. The van der Waals surface area contributed by atoms with Gasteiger partial charge in [-0.1, -0.05) is 13.8 Å². The number of carboxylic acid groups (broad SMARTS) is 2. The van der Waals surface area contributed by atoms with E-state index in [1.807, 2.05) is 0 Å². The number of hydrogen-bond acceptors (Lipinski definition) is 5. The van der Waals surface area contributed by atoms with Crippen LogP contribution in [0.1, 0.15) is 33.1 Å². The van der Waals surface area contributed by atoms with Crippen molar-refractivity contribution in [2.24, 2.45) is 5.92 Å². The van der Waals surface area contributed by atoms with Crippen LogP contribution in [-0.2, 0) is 19.1 Å². The van der Waals surface area contributed by atoms with Crippen molar-refractivity contribution < 1.29 is 29.3 Å². The molecule has 2 fully saturated rings. The zero-order valence-corrected chi connectivity index (χ0v) is 14.4. The summed E-state index contributed by atoms with van der Waals surface area (Å²) in [5, 5.41) is 14.8. The summed E-state index contributed by atoms with van der Waals surface area (Å²) in [6.07, 6.45) is 2.95. The van der Waals surface area contributed by atoms with Crippen LogP contribution in [0, 0.1) is 5.92 Å². The number of nitrogens with zero attached hydrogens (tertiary/aromatic N) is 2. The quantitative estimate of drug-likeness (QED) is 0.718. The zero-order valence-electron chi connectivity index (χ0n) is 14.4. The Morgan fingerprint density at radius 3 is 1.92 bits per heavy atom. The van der Waals surface area contributed by atoms with Crippen LogP contribution < -0.4 is 0 Å². The normalized spacial score (nSPS) is 19.5. The van der Waals surface area contributed by atoms with Gasteiger partial charge in [0.2, 0.25) is 5.91 Å². The SMILES string of the molecule is CC(C)CC(=O)N1CCC(N2CCOCC2)CC1.O=C(O)C(=O)O. The van der Waals surface area contributed by atoms with Crippen molar-refractivity contribution in [3.63, 3.8) is 0 Å². The summed E-state index contributed by atoms with van der Waals surface area (Å²) in [7, 11) is 0. The molecule has 2 saturated heterocycles. The maximum Gasteiger partial charge on any atom is 0.414 e. The lowest BCUT2D eigenvalue weighted by Crippen LogP contribution is -2.50. The van der Waals surface area contributed by atoms with Crippen LogP contribution in [-0.4, -0.2) is 83.3 Å². The summed E-state index contributed by atoms with van der Waals surface area (Å²) >= 11 is 0. The second kappa shape index (κ2) is 10.2. The number of aliphatic carboxylic acids is 2. The van der Waals surface area contributed by atoms with Crippen LogP contribution in [0.15, 0.2) is 0 Å². The van der Waals surface area contributed by atoms with E-state index < -0.39 is 11.9 Å². The molecule has 0 aliphatic carbocycles. The highest BCUT2D eigenvalue weighted by atomic mass is 16.5. The average molecular weight is 344 g/mol. The van der Waals surface area contributed by atoms with E-state index in [0.29, 0.717) is 24.3 Å². The van der Waals surface area contributed by atoms with Crippen LogP contribution in [0.3, 0.4) is 0 Å². The lowest BCUT2D eigenvalue weighted by molar-refractivity contribution is -0.159. The molecule has 2 N–H and O–H groups in total. The van der Waals surface area contributed by atoms with E-state index >= 15 is 0 Å². The first-order valence-electron chi connectivity index (χ1n) is 8.37. The number of hydrogen-bond donors (Lipinski definition) is 2. The van der Waals surface area contributed by atoms with E-state index in [9.17, 15) is 4.79 Å². The van der Waals surface area contributed by atoms with Crippen molar-refractivity contribution in [1.29, 1.82) is 0 Å². The molecule has 8 heteroatoms. The average Bonchev–Trinajstić information content (AvgIpc) is 2.55. The minimum atomic E-state index is -1.82. The van der Waals surface area contributed by atoms with Crippen LogP contribution in [0.5, 0.6) is 0 Å². The monoisotopic (exact) mass is 344 g/mol. The lowest BCUT2D eigenvalue weighted by Gasteiger charge is -2.40. The number of amides is 1. The van der Waals surface area contributed by atoms with Crippen LogP contribution in [0.25, 0.3) is 0 Å². The van der Waals surface area contributed by atoms with Gasteiger partial charge in [-0.25, -0.2) is 9.59 Å². The van der Waals surface area contributed by atoms with Gasteiger partial charge in [-0.2, -0.15) is 0 Å². The highest BCUT2D eigenvalue weighted by Gasteiger charge is 2.27. The summed E-state index contributed by atoms with van der Waals surface area (Å²) in [5.41, 5.74) is 0. The molecule has 2 aliphatic heterocycles. The first kappa shape index (κ1) is 20.4. The number of carbonyl (C=O) groups is 3. The van der Waals surface area contributed by atoms with Gasteiger partial charge < -0.3 is 19.8 Å². The zero-order chi connectivity index (χ0) is 18.1. The lowest BCUT2D eigenvalue weighted by atomic mass is 10.0. The van der Waals surface area contributed by atoms with Crippen molar-refractivity contribution in [3.05, 3.63) is 0 Å². The molecule has 24 heavy (non-hydrogen) atoms. The number of rotatable bonds is 3. The number of piperidine rings is 1. The smallest absolute Gasteiger partial charge is 0.414 e. The molecular weight excluding hydrogens is 316 g/mol. The fourth-order valence-electron chi connectivity index (χ4n) is 2.90. The molecule has 2 rings (SSSR count). The third kappa shape index (κ3) is 7.27. The Labute approximate surface area is 142 Å². The third-order valence-corrected chi connectivity index (χ3v) is 4.15. The van der Waals surface area contributed by atoms with E-state index in [1.54, 1.807) is 0 Å². The molecule has 2 heterocycles. The number of likely N-dealkylation sites (tertiary alicyclic amines) is 1. The van der Waals surface area contributed by atoms with E-state index in [4.69, 9.17) is 24.5 Å². The highest BCUT2D eigenvalue weighted by Crippen LogP contribution is 2.19. The Hall–Kier alpha value is -1.67. The van der Waals surface area contributed by atoms with Gasteiger partial charge >= 0.3 is 11.9 Å². The first-order valence-corrected chi connectivity index (χ1v) is 8.37. The molecule has 1 amide bonds. The van der Waals surface area contributed by atoms with Crippen molar-refractivity contribution in [3.8, 4) is 0 Å². The van der Waals surface area contributed by atoms with Crippen molar-refractivity contribution in [1.82, 2.24) is 9.80 Å². The Morgan fingerprint density at radius 1 is 1.00 bits per heavy atom. The fraction of sp³-hybridized carbons (Fsp3) is 0.812. The summed E-state index contributed by atoms with van der Waals surface area (Å²) in [6, 6.07) is 0.664. The first-order chi connectivity index (χ1) is 11.3. The largest absolute Gasteiger partial charge is 0.473 e. The minimum absolute atomic E-state index is 0.338. The molecule has 0 spiro atoms. The molecule has 0 saturated carbocycles. The number of carboxylic acids is 2. The molecule has 138 valence electrons. The summed E-state index contributed by atoms with van der Waals surface area (Å²) in [5.74, 6) is -2.84. The van der Waals surface area contributed by atoms with Crippen LogP contribution in [0.4, 0.5) is 0 Å². The minimum Gasteiger partial charge on any atom is -0.473 e. The van der Waals surface area contributed by atoms with Crippen molar-refractivity contribution in [2.45, 2.75) is 39.2 Å². The van der Waals surface area contributed by atoms with Crippen LogP contribution >= 0.6 is 0 Å². The molecule has 0 unspecified atom stereocenters. The fourth-order valence-corrected chi connectivity index (χ4v) is 2.90. The van der Waals surface area contributed by atoms with Gasteiger partial charge in [-0.15, -0.1) is 0 Å². The van der Waals surface area contributed by atoms with Gasteiger partial charge in [0.15, 0.2) is 0 Å². The summed E-state index contributed by atoms with van der Waals surface area (Å²) in [6.45, 7) is 9.95. The standard InChI is InChI=1S/C14H26N2O2.C2H2O4/c1-12(2)11-14(17)16-5-3-13(4-6-16)15-7-9-18-10-8-15;3-1(4)2(5)6/h12-13H,3-11H2,1-2H3;(H,3,4)(H,5,6). The molecule has 0 aromatic rings. The molecule has 0 bridgehead atoms. The Bertz CT molecular complexity index is 414. The van der Waals surface area contributed by atoms with Gasteiger partial charge in [-0.3, -0.25) is 9.69 Å². The maximum atomic E-state index is 12.0. The third-order valence-electron chi connectivity index (χ3n) is 4.15. The molecule has 0 aromatic heterocycles. The molecule has 0 radical (unpaired) electrons. The second-order valence-corrected chi connectivity index (χ2v) is 6.47. The number of carbonyl (C=O) groups excluding carboxylic acids is 1. The van der Waals surface area contributed by atoms with Crippen molar-refractivity contribution in [2.75, 3.05) is 39.4 Å². The Kier molecular flexibility index (Phi) is 8.70. The van der Waals surface area contributed by atoms with E-state index in [-0.39, 0.29) is 0 Å². The van der Waals surface area contributed by atoms with E-state index in [2.05, 4.69) is 23.6 Å². The predicted octanol–water partition coefficient (Wildman–Crippen LogP) is 0.511.